The SMILES string of the molecule is C/C(=C/N[C@H]1C[C@H](O)[C@@H](CO)O1)C(=O)NCCNCCNC(=O)c1ccc(F)c(C#N)c1. The smallest absolute Gasteiger partial charge is 0.251 e. The predicted molar refractivity (Wildman–Crippen MR) is 113 cm³/mol. The molecule has 1 aliphatic rings. The van der Waals surface area contributed by atoms with Crippen LogP contribution in [0.2, 0.25) is 0 Å². The van der Waals surface area contributed by atoms with Gasteiger partial charge in [0.05, 0.1) is 18.3 Å². The monoisotopic (exact) mass is 449 g/mol. The minimum absolute atomic E-state index is 0.186. The van der Waals surface area contributed by atoms with E-state index in [0.717, 1.165) is 6.07 Å². The van der Waals surface area contributed by atoms with Crippen LogP contribution in [0.5, 0.6) is 0 Å². The summed E-state index contributed by atoms with van der Waals surface area (Å²) in [6, 6.07) is 5.28. The number of rotatable bonds is 11. The van der Waals surface area contributed by atoms with Gasteiger partial charge in [-0.05, 0) is 25.1 Å². The lowest BCUT2D eigenvalue weighted by Crippen LogP contribution is -2.37. The van der Waals surface area contributed by atoms with E-state index >= 15 is 0 Å². The number of hydrogen-bond donors (Lipinski definition) is 6. The Kier molecular flexibility index (Phi) is 10.0. The number of ether oxygens (including phenoxy) is 1. The summed E-state index contributed by atoms with van der Waals surface area (Å²) in [6.45, 7) is 2.98. The Labute approximate surface area is 185 Å². The highest BCUT2D eigenvalue weighted by Crippen LogP contribution is 2.18. The van der Waals surface area contributed by atoms with Gasteiger partial charge < -0.3 is 36.2 Å². The molecule has 1 aromatic carbocycles. The maximum absolute atomic E-state index is 13.3. The molecule has 1 aliphatic heterocycles. The van der Waals surface area contributed by atoms with E-state index in [-0.39, 0.29) is 23.6 Å². The van der Waals surface area contributed by atoms with E-state index in [1.807, 2.05) is 0 Å². The van der Waals surface area contributed by atoms with Gasteiger partial charge in [0, 0.05) is 49.9 Å². The van der Waals surface area contributed by atoms with Crippen LogP contribution in [0, 0.1) is 17.1 Å². The summed E-state index contributed by atoms with van der Waals surface area (Å²) >= 11 is 0. The summed E-state index contributed by atoms with van der Waals surface area (Å²) in [5, 5.41) is 38.9. The number of amides is 2. The van der Waals surface area contributed by atoms with Crippen molar-refractivity contribution in [3.63, 3.8) is 0 Å². The van der Waals surface area contributed by atoms with E-state index in [2.05, 4.69) is 21.3 Å². The van der Waals surface area contributed by atoms with Crippen molar-refractivity contribution in [2.45, 2.75) is 31.8 Å². The number of aliphatic hydroxyl groups excluding tert-OH is 2. The fourth-order valence-electron chi connectivity index (χ4n) is 2.93. The Balaban J connectivity index is 1.58. The van der Waals surface area contributed by atoms with Crippen LogP contribution in [0.4, 0.5) is 4.39 Å². The molecule has 0 aliphatic carbocycles. The van der Waals surface area contributed by atoms with Crippen molar-refractivity contribution in [3.05, 3.63) is 46.9 Å². The molecule has 11 heteroatoms. The van der Waals surface area contributed by atoms with Crippen LogP contribution in [0.1, 0.15) is 29.3 Å². The average molecular weight is 449 g/mol. The van der Waals surface area contributed by atoms with Gasteiger partial charge in [0.1, 0.15) is 24.2 Å². The molecule has 0 radical (unpaired) electrons. The third-order valence-corrected chi connectivity index (χ3v) is 4.77. The quantitative estimate of drug-likeness (QED) is 0.187. The number of halogens is 1. The number of aliphatic hydroxyl groups is 2. The zero-order chi connectivity index (χ0) is 23.5. The molecule has 2 rings (SSSR count). The molecular weight excluding hydrogens is 421 g/mol. The third kappa shape index (κ3) is 7.58. The van der Waals surface area contributed by atoms with Gasteiger partial charge in [-0.3, -0.25) is 9.59 Å². The molecule has 1 saturated heterocycles. The van der Waals surface area contributed by atoms with E-state index in [4.69, 9.17) is 15.1 Å². The molecule has 0 bridgehead atoms. The Morgan fingerprint density at radius 2 is 2.00 bits per heavy atom. The summed E-state index contributed by atoms with van der Waals surface area (Å²) in [6.07, 6.45) is -0.0262. The van der Waals surface area contributed by atoms with Gasteiger partial charge in [0.2, 0.25) is 5.91 Å². The Morgan fingerprint density at radius 3 is 2.66 bits per heavy atom. The van der Waals surface area contributed by atoms with Gasteiger partial charge in [0.15, 0.2) is 0 Å². The number of carbonyl (C=O) groups excluding carboxylic acids is 2. The first-order valence-corrected chi connectivity index (χ1v) is 10.2. The van der Waals surface area contributed by atoms with Crippen LogP contribution in [0.15, 0.2) is 30.0 Å². The molecule has 3 atom stereocenters. The van der Waals surface area contributed by atoms with Crippen molar-refractivity contribution < 1.29 is 28.9 Å². The van der Waals surface area contributed by atoms with E-state index < -0.39 is 30.2 Å². The second-order valence-electron chi connectivity index (χ2n) is 7.21. The lowest BCUT2D eigenvalue weighted by molar-refractivity contribution is -0.117. The van der Waals surface area contributed by atoms with Crippen LogP contribution in [-0.4, -0.2) is 73.2 Å². The van der Waals surface area contributed by atoms with Gasteiger partial charge in [-0.25, -0.2) is 4.39 Å². The first kappa shape index (κ1) is 25.2. The number of nitrogens with zero attached hydrogens (tertiary/aromatic N) is 1. The number of benzene rings is 1. The Morgan fingerprint density at radius 1 is 1.28 bits per heavy atom. The van der Waals surface area contributed by atoms with E-state index in [9.17, 15) is 19.1 Å². The van der Waals surface area contributed by atoms with Crippen molar-refractivity contribution in [2.24, 2.45) is 0 Å². The Hall–Kier alpha value is -3.04. The molecule has 174 valence electrons. The standard InChI is InChI=1S/C21H28FN5O5/c1-13(11-27-19-9-17(29)18(12-28)32-19)20(30)25-6-4-24-5-7-26-21(31)14-2-3-16(22)15(8-14)10-23/h2-3,8,11,17-19,24,27-29H,4-7,9,12H2,1H3,(H,25,30)(H,26,31)/b13-11-/t17-,18+,19+/m0/s1. The number of nitriles is 1. The topological polar surface area (TPSA) is 156 Å². The fraction of sp³-hybridized carbons (Fsp3) is 0.476. The van der Waals surface area contributed by atoms with Crippen LogP contribution in [-0.2, 0) is 9.53 Å². The van der Waals surface area contributed by atoms with E-state index in [1.165, 1.54) is 18.3 Å². The highest BCUT2D eigenvalue weighted by molar-refractivity contribution is 5.94. The first-order valence-electron chi connectivity index (χ1n) is 10.2. The molecule has 6 N–H and O–H groups in total. The number of hydrogen-bond acceptors (Lipinski definition) is 8. The second-order valence-corrected chi connectivity index (χ2v) is 7.21. The van der Waals surface area contributed by atoms with Crippen LogP contribution < -0.4 is 21.3 Å². The minimum Gasteiger partial charge on any atom is -0.394 e. The van der Waals surface area contributed by atoms with Gasteiger partial charge in [-0.2, -0.15) is 5.26 Å². The molecule has 32 heavy (non-hydrogen) atoms. The van der Waals surface area contributed by atoms with Crippen LogP contribution in [0.3, 0.4) is 0 Å². The highest BCUT2D eigenvalue weighted by Gasteiger charge is 2.32. The van der Waals surface area contributed by atoms with Crippen LogP contribution >= 0.6 is 0 Å². The third-order valence-electron chi connectivity index (χ3n) is 4.77. The second kappa shape index (κ2) is 12.7. The lowest BCUT2D eigenvalue weighted by Gasteiger charge is -2.13. The molecule has 0 unspecified atom stereocenters. The maximum Gasteiger partial charge on any atom is 0.251 e. The molecule has 10 nitrogen and oxygen atoms in total. The summed E-state index contributed by atoms with van der Waals surface area (Å²) in [5.74, 6) is -1.35. The van der Waals surface area contributed by atoms with Crippen molar-refractivity contribution in [3.8, 4) is 6.07 Å². The molecule has 0 saturated carbocycles. The van der Waals surface area contributed by atoms with Crippen molar-refractivity contribution in [1.29, 1.82) is 5.26 Å². The van der Waals surface area contributed by atoms with Gasteiger partial charge in [0.25, 0.3) is 5.91 Å². The van der Waals surface area contributed by atoms with E-state index in [1.54, 1.807) is 13.0 Å². The molecule has 1 aromatic rings. The lowest BCUT2D eigenvalue weighted by atomic mass is 10.1. The summed E-state index contributed by atoms with van der Waals surface area (Å²) < 4.78 is 18.7. The van der Waals surface area contributed by atoms with Gasteiger partial charge >= 0.3 is 0 Å². The minimum atomic E-state index is -0.749. The predicted octanol–water partition coefficient (Wildman–Crippen LogP) is -0.905. The molecule has 0 aromatic heterocycles. The Bertz CT molecular complexity index is 873. The largest absolute Gasteiger partial charge is 0.394 e. The average Bonchev–Trinajstić information content (AvgIpc) is 3.16. The molecule has 2 amide bonds. The summed E-state index contributed by atoms with van der Waals surface area (Å²) in [5.41, 5.74) is 0.447. The fourth-order valence-corrected chi connectivity index (χ4v) is 2.93. The normalized spacial score (nSPS) is 20.5. The summed E-state index contributed by atoms with van der Waals surface area (Å²) in [7, 11) is 0. The van der Waals surface area contributed by atoms with Crippen molar-refractivity contribution in [1.82, 2.24) is 21.3 Å². The van der Waals surface area contributed by atoms with Gasteiger partial charge in [-0.15, -0.1) is 0 Å². The molecule has 1 fully saturated rings. The van der Waals surface area contributed by atoms with Gasteiger partial charge in [-0.1, -0.05) is 0 Å². The zero-order valence-corrected chi connectivity index (χ0v) is 17.7. The van der Waals surface area contributed by atoms with E-state index in [0.29, 0.717) is 38.2 Å². The number of nitrogens with one attached hydrogen (secondary N) is 4. The van der Waals surface area contributed by atoms with Crippen molar-refractivity contribution >= 4 is 11.8 Å². The molecule has 1 heterocycles. The number of carbonyl (C=O) groups is 2. The first-order chi connectivity index (χ1) is 15.3. The van der Waals surface area contributed by atoms with Crippen molar-refractivity contribution in [2.75, 3.05) is 32.8 Å². The zero-order valence-electron chi connectivity index (χ0n) is 17.7. The van der Waals surface area contributed by atoms with Crippen LogP contribution in [0.25, 0.3) is 0 Å². The maximum atomic E-state index is 13.3. The molecular formula is C21H28FN5O5. The summed E-state index contributed by atoms with van der Waals surface area (Å²) in [4.78, 5) is 24.1. The highest BCUT2D eigenvalue weighted by atomic mass is 19.1. The molecule has 0 spiro atoms.